The number of carbonyl (C=O) groups is 2. The van der Waals surface area contributed by atoms with Gasteiger partial charge in [0, 0.05) is 19.6 Å². The Labute approximate surface area is 100 Å². The molecule has 0 aliphatic heterocycles. The van der Waals surface area contributed by atoms with Gasteiger partial charge in [0.25, 0.3) is 0 Å². The molecule has 0 saturated heterocycles. The minimum Gasteiger partial charge on any atom is -0.461 e. The Kier molecular flexibility index (Phi) is 4.90. The molecule has 5 heteroatoms. The molecular formula is C12H17NO4. The normalized spacial score (nSPS) is 14.1. The van der Waals surface area contributed by atoms with Crippen molar-refractivity contribution in [2.45, 2.75) is 32.4 Å². The number of amides is 1. The highest BCUT2D eigenvalue weighted by atomic mass is 16.5. The van der Waals surface area contributed by atoms with E-state index in [1.54, 1.807) is 26.0 Å². The summed E-state index contributed by atoms with van der Waals surface area (Å²) in [6, 6.07) is 3.01. The van der Waals surface area contributed by atoms with Crippen LogP contribution in [0.4, 0.5) is 0 Å². The number of nitrogens with one attached hydrogen (secondary N) is 1. The Hall–Kier alpha value is -1.62. The lowest BCUT2D eigenvalue weighted by molar-refractivity contribution is -0.130. The third kappa shape index (κ3) is 4.03. The van der Waals surface area contributed by atoms with Crippen molar-refractivity contribution in [1.29, 1.82) is 0 Å². The predicted octanol–water partition coefficient (Wildman–Crippen LogP) is 1.39. The van der Waals surface area contributed by atoms with E-state index in [1.807, 2.05) is 0 Å². The summed E-state index contributed by atoms with van der Waals surface area (Å²) in [6.45, 7) is 3.41. The zero-order valence-corrected chi connectivity index (χ0v) is 10.2. The average Bonchev–Trinajstić information content (AvgIpc) is 2.80. The van der Waals surface area contributed by atoms with Gasteiger partial charge in [0.2, 0.25) is 5.91 Å². The van der Waals surface area contributed by atoms with Crippen LogP contribution in [0.1, 0.15) is 30.8 Å². The Bertz CT molecular complexity index is 372. The molecule has 94 valence electrons. The van der Waals surface area contributed by atoms with E-state index in [-0.39, 0.29) is 24.2 Å². The molecule has 1 heterocycles. The smallest absolute Gasteiger partial charge is 0.249 e. The van der Waals surface area contributed by atoms with Crippen LogP contribution in [0.25, 0.3) is 0 Å². The van der Waals surface area contributed by atoms with E-state index in [1.165, 1.54) is 13.4 Å². The van der Waals surface area contributed by atoms with Crippen LogP contribution in [-0.2, 0) is 9.53 Å². The highest BCUT2D eigenvalue weighted by Crippen LogP contribution is 2.06. The van der Waals surface area contributed by atoms with E-state index in [0.717, 1.165) is 0 Å². The van der Waals surface area contributed by atoms with Crippen LogP contribution in [0.2, 0.25) is 0 Å². The predicted molar refractivity (Wildman–Crippen MR) is 61.7 cm³/mol. The third-order valence-corrected chi connectivity index (χ3v) is 2.40. The lowest BCUT2D eigenvalue weighted by Gasteiger charge is -2.15. The average molecular weight is 239 g/mol. The summed E-state index contributed by atoms with van der Waals surface area (Å²) in [5.74, 6) is -0.0500. The lowest BCUT2D eigenvalue weighted by Crippen LogP contribution is -2.40. The Morgan fingerprint density at radius 1 is 1.47 bits per heavy atom. The molecule has 17 heavy (non-hydrogen) atoms. The van der Waals surface area contributed by atoms with Crippen molar-refractivity contribution >= 4 is 11.7 Å². The Morgan fingerprint density at radius 2 is 2.18 bits per heavy atom. The summed E-state index contributed by atoms with van der Waals surface area (Å²) in [6.07, 6.45) is 1.13. The topological polar surface area (TPSA) is 68.5 Å². The fourth-order valence-electron chi connectivity index (χ4n) is 1.33. The minimum atomic E-state index is -0.517. The fraction of sp³-hybridized carbons (Fsp3) is 0.500. The molecule has 1 N–H and O–H groups in total. The van der Waals surface area contributed by atoms with Crippen LogP contribution < -0.4 is 5.32 Å². The minimum absolute atomic E-state index is 0.132. The highest BCUT2D eigenvalue weighted by Gasteiger charge is 2.18. The van der Waals surface area contributed by atoms with Gasteiger partial charge in [0.15, 0.2) is 11.5 Å². The van der Waals surface area contributed by atoms with Crippen molar-refractivity contribution in [1.82, 2.24) is 5.32 Å². The van der Waals surface area contributed by atoms with Crippen LogP contribution in [0.15, 0.2) is 22.8 Å². The zero-order valence-electron chi connectivity index (χ0n) is 10.2. The van der Waals surface area contributed by atoms with Crippen LogP contribution in [0, 0.1) is 0 Å². The molecule has 2 atom stereocenters. The molecule has 0 unspecified atom stereocenters. The maximum absolute atomic E-state index is 11.7. The molecule has 0 aromatic carbocycles. The first-order valence-corrected chi connectivity index (χ1v) is 5.44. The van der Waals surface area contributed by atoms with Gasteiger partial charge >= 0.3 is 0 Å². The summed E-state index contributed by atoms with van der Waals surface area (Å²) < 4.78 is 9.86. The molecule has 1 aromatic rings. The molecule has 0 fully saturated rings. The summed E-state index contributed by atoms with van der Waals surface area (Å²) in [5, 5.41) is 2.70. The fourth-order valence-corrected chi connectivity index (χ4v) is 1.33. The van der Waals surface area contributed by atoms with Crippen molar-refractivity contribution in [2.75, 3.05) is 7.11 Å². The molecule has 1 amide bonds. The van der Waals surface area contributed by atoms with Gasteiger partial charge in [-0.25, -0.2) is 0 Å². The van der Waals surface area contributed by atoms with Crippen molar-refractivity contribution < 1.29 is 18.7 Å². The van der Waals surface area contributed by atoms with Crippen LogP contribution in [0.3, 0.4) is 0 Å². The number of methoxy groups -OCH3 is 1. The SMILES string of the molecule is CO[C@H](C)C(=O)N[C@@H](C)CC(=O)c1ccco1. The monoisotopic (exact) mass is 239 g/mol. The molecule has 0 spiro atoms. The zero-order chi connectivity index (χ0) is 12.8. The van der Waals surface area contributed by atoms with E-state index in [4.69, 9.17) is 9.15 Å². The number of carbonyl (C=O) groups excluding carboxylic acids is 2. The number of furan rings is 1. The standard InChI is InChI=1S/C12H17NO4/c1-8(13-12(15)9(2)16-3)7-10(14)11-5-4-6-17-11/h4-6,8-9H,7H2,1-3H3,(H,13,15)/t8-,9+/m0/s1. The second-order valence-corrected chi connectivity index (χ2v) is 3.89. The molecule has 1 rings (SSSR count). The first kappa shape index (κ1) is 13.4. The Morgan fingerprint density at radius 3 is 2.71 bits per heavy atom. The van der Waals surface area contributed by atoms with Crippen molar-refractivity contribution in [3.05, 3.63) is 24.2 Å². The third-order valence-electron chi connectivity index (χ3n) is 2.40. The van der Waals surface area contributed by atoms with Crippen LogP contribution >= 0.6 is 0 Å². The molecular weight excluding hydrogens is 222 g/mol. The summed E-state index contributed by atoms with van der Waals surface area (Å²) >= 11 is 0. The van der Waals surface area contributed by atoms with Gasteiger partial charge in [-0.1, -0.05) is 0 Å². The molecule has 0 aliphatic carbocycles. The first-order chi connectivity index (χ1) is 8.04. The van der Waals surface area contributed by atoms with E-state index >= 15 is 0 Å². The van der Waals surface area contributed by atoms with Gasteiger partial charge in [-0.2, -0.15) is 0 Å². The van der Waals surface area contributed by atoms with Crippen molar-refractivity contribution in [3.8, 4) is 0 Å². The van der Waals surface area contributed by atoms with Crippen LogP contribution in [0.5, 0.6) is 0 Å². The summed E-state index contributed by atoms with van der Waals surface area (Å²) in [4.78, 5) is 23.1. The summed E-state index contributed by atoms with van der Waals surface area (Å²) in [5.41, 5.74) is 0. The quantitative estimate of drug-likeness (QED) is 0.762. The van der Waals surface area contributed by atoms with Crippen molar-refractivity contribution in [2.24, 2.45) is 0 Å². The van der Waals surface area contributed by atoms with Gasteiger partial charge in [-0.3, -0.25) is 9.59 Å². The molecule has 5 nitrogen and oxygen atoms in total. The molecule has 0 saturated carbocycles. The maximum atomic E-state index is 11.7. The molecule has 0 radical (unpaired) electrons. The largest absolute Gasteiger partial charge is 0.461 e. The Balaban J connectivity index is 2.42. The van der Waals surface area contributed by atoms with Gasteiger partial charge in [-0.15, -0.1) is 0 Å². The first-order valence-electron chi connectivity index (χ1n) is 5.44. The van der Waals surface area contributed by atoms with E-state index < -0.39 is 6.10 Å². The summed E-state index contributed by atoms with van der Waals surface area (Å²) in [7, 11) is 1.46. The van der Waals surface area contributed by atoms with Gasteiger partial charge in [0.05, 0.1) is 6.26 Å². The second kappa shape index (κ2) is 6.20. The number of hydrogen-bond donors (Lipinski definition) is 1. The number of ketones is 1. The maximum Gasteiger partial charge on any atom is 0.249 e. The number of hydrogen-bond acceptors (Lipinski definition) is 4. The second-order valence-electron chi connectivity index (χ2n) is 3.89. The number of ether oxygens (including phenoxy) is 1. The highest BCUT2D eigenvalue weighted by molar-refractivity contribution is 5.94. The lowest BCUT2D eigenvalue weighted by atomic mass is 10.1. The van der Waals surface area contributed by atoms with E-state index in [0.29, 0.717) is 5.76 Å². The van der Waals surface area contributed by atoms with Crippen LogP contribution in [-0.4, -0.2) is 30.9 Å². The van der Waals surface area contributed by atoms with Crippen molar-refractivity contribution in [3.63, 3.8) is 0 Å². The van der Waals surface area contributed by atoms with Gasteiger partial charge in [0.1, 0.15) is 6.10 Å². The van der Waals surface area contributed by atoms with Gasteiger partial charge < -0.3 is 14.5 Å². The number of rotatable bonds is 6. The molecule has 0 aliphatic rings. The number of Topliss-reactive ketones (excluding diaryl/α,β-unsaturated/α-hetero) is 1. The molecule has 0 bridgehead atoms. The van der Waals surface area contributed by atoms with Gasteiger partial charge in [-0.05, 0) is 26.0 Å². The molecule has 1 aromatic heterocycles. The van der Waals surface area contributed by atoms with E-state index in [2.05, 4.69) is 5.32 Å². The van der Waals surface area contributed by atoms with E-state index in [9.17, 15) is 9.59 Å².